The lowest BCUT2D eigenvalue weighted by molar-refractivity contribution is 0.377. The van der Waals surface area contributed by atoms with E-state index in [1.165, 1.54) is 35.1 Å². The molecule has 0 saturated heterocycles. The molecule has 0 amide bonds. The second kappa shape index (κ2) is 8.94. The lowest BCUT2D eigenvalue weighted by Gasteiger charge is -2.25. The van der Waals surface area contributed by atoms with E-state index in [0.29, 0.717) is 16.6 Å². The number of rotatable bonds is 8. The Kier molecular flexibility index (Phi) is 7.89. The summed E-state index contributed by atoms with van der Waals surface area (Å²) in [4.78, 5) is 0. The molecule has 130 valence electrons. The standard InChI is InChI=1S/C21H35NS/c1-9-10-15(2)20(23-22-8)18-13-16(3)19(17(4)14-18)11-12-21(5,6)7/h9,13-15,20,22H,1,10-12H2,2-8H3. The molecule has 0 radical (unpaired) electrons. The van der Waals surface area contributed by atoms with Crippen LogP contribution in [0.25, 0.3) is 0 Å². The predicted molar refractivity (Wildman–Crippen MR) is 107 cm³/mol. The molecule has 1 N–H and O–H groups in total. The van der Waals surface area contributed by atoms with Gasteiger partial charge in [0.2, 0.25) is 0 Å². The summed E-state index contributed by atoms with van der Waals surface area (Å²) in [5.74, 6) is 0.573. The molecule has 1 nitrogen and oxygen atoms in total. The zero-order chi connectivity index (χ0) is 17.6. The van der Waals surface area contributed by atoms with Crippen molar-refractivity contribution >= 4 is 11.9 Å². The van der Waals surface area contributed by atoms with Crippen LogP contribution in [0.4, 0.5) is 0 Å². The Morgan fingerprint density at radius 3 is 2.22 bits per heavy atom. The zero-order valence-corrected chi connectivity index (χ0v) is 16.9. The molecule has 0 aliphatic carbocycles. The molecule has 0 spiro atoms. The number of hydrogen-bond acceptors (Lipinski definition) is 2. The van der Waals surface area contributed by atoms with Crippen LogP contribution in [0, 0.1) is 25.2 Å². The number of allylic oxidation sites excluding steroid dienone is 1. The van der Waals surface area contributed by atoms with E-state index in [-0.39, 0.29) is 0 Å². The van der Waals surface area contributed by atoms with Gasteiger partial charge >= 0.3 is 0 Å². The van der Waals surface area contributed by atoms with Crippen LogP contribution in [0.3, 0.4) is 0 Å². The molecule has 0 fully saturated rings. The van der Waals surface area contributed by atoms with Crippen LogP contribution < -0.4 is 4.72 Å². The van der Waals surface area contributed by atoms with Crippen molar-refractivity contribution in [3.05, 3.63) is 47.0 Å². The summed E-state index contributed by atoms with van der Waals surface area (Å²) in [5, 5.41) is 0.465. The first-order valence-corrected chi connectivity index (χ1v) is 9.61. The van der Waals surface area contributed by atoms with E-state index in [4.69, 9.17) is 0 Å². The Hall–Kier alpha value is -0.730. The average molecular weight is 334 g/mol. The SMILES string of the molecule is C=CCC(C)C(SNC)c1cc(C)c(CCC(C)(C)C)c(C)c1. The van der Waals surface area contributed by atoms with Gasteiger partial charge in [0.1, 0.15) is 0 Å². The number of hydrogen-bond donors (Lipinski definition) is 1. The van der Waals surface area contributed by atoms with Crippen molar-refractivity contribution in [2.24, 2.45) is 11.3 Å². The third-order valence-electron chi connectivity index (χ3n) is 4.47. The molecule has 0 aliphatic rings. The minimum atomic E-state index is 0.389. The fourth-order valence-corrected chi connectivity index (χ4v) is 3.98. The molecule has 1 rings (SSSR count). The summed E-state index contributed by atoms with van der Waals surface area (Å²) in [6.45, 7) is 17.7. The fraction of sp³-hybridized carbons (Fsp3) is 0.619. The van der Waals surface area contributed by atoms with Gasteiger partial charge in [0.25, 0.3) is 0 Å². The van der Waals surface area contributed by atoms with E-state index < -0.39 is 0 Å². The maximum Gasteiger partial charge on any atom is 0.0471 e. The molecule has 1 aromatic carbocycles. The number of nitrogens with one attached hydrogen (secondary N) is 1. The second-order valence-electron chi connectivity index (χ2n) is 7.94. The molecule has 23 heavy (non-hydrogen) atoms. The van der Waals surface area contributed by atoms with Crippen molar-refractivity contribution in [3.8, 4) is 0 Å². The second-order valence-corrected chi connectivity index (χ2v) is 9.09. The summed E-state index contributed by atoms with van der Waals surface area (Å²) >= 11 is 1.82. The van der Waals surface area contributed by atoms with Gasteiger partial charge in [-0.2, -0.15) is 0 Å². The van der Waals surface area contributed by atoms with Crippen molar-refractivity contribution in [1.29, 1.82) is 0 Å². The quantitative estimate of drug-likeness (QED) is 0.436. The highest BCUT2D eigenvalue weighted by molar-refractivity contribution is 7.97. The molecule has 2 unspecified atom stereocenters. The van der Waals surface area contributed by atoms with Crippen molar-refractivity contribution in [2.45, 2.75) is 66.1 Å². The van der Waals surface area contributed by atoms with Crippen molar-refractivity contribution in [3.63, 3.8) is 0 Å². The van der Waals surface area contributed by atoms with Gasteiger partial charge < -0.3 is 0 Å². The van der Waals surface area contributed by atoms with Crippen molar-refractivity contribution < 1.29 is 0 Å². The fourth-order valence-electron chi connectivity index (χ4n) is 3.11. The normalized spacial score (nSPS) is 14.6. The molecular weight excluding hydrogens is 298 g/mol. The molecule has 0 aliphatic heterocycles. The number of aryl methyl sites for hydroxylation is 2. The molecule has 2 heteroatoms. The Morgan fingerprint density at radius 1 is 1.22 bits per heavy atom. The van der Waals surface area contributed by atoms with Gasteiger partial charge in [0, 0.05) is 5.25 Å². The van der Waals surface area contributed by atoms with Gasteiger partial charge in [-0.05, 0) is 73.7 Å². The zero-order valence-electron chi connectivity index (χ0n) is 16.1. The Balaban J connectivity index is 3.07. The third kappa shape index (κ3) is 6.35. The highest BCUT2D eigenvalue weighted by Crippen LogP contribution is 2.37. The van der Waals surface area contributed by atoms with Gasteiger partial charge in [-0.25, -0.2) is 0 Å². The van der Waals surface area contributed by atoms with Gasteiger partial charge in [0.15, 0.2) is 0 Å². The van der Waals surface area contributed by atoms with E-state index in [2.05, 4.69) is 65.0 Å². The van der Waals surface area contributed by atoms with Crippen molar-refractivity contribution in [2.75, 3.05) is 7.05 Å². The van der Waals surface area contributed by atoms with Crippen LogP contribution in [0.15, 0.2) is 24.8 Å². The third-order valence-corrected chi connectivity index (χ3v) is 5.70. The highest BCUT2D eigenvalue weighted by Gasteiger charge is 2.21. The largest absolute Gasteiger partial charge is 0.267 e. The van der Waals surface area contributed by atoms with E-state index in [1.807, 2.05) is 25.1 Å². The summed E-state index contributed by atoms with van der Waals surface area (Å²) in [5.41, 5.74) is 6.25. The molecule has 0 saturated carbocycles. The summed E-state index contributed by atoms with van der Waals surface area (Å²) < 4.78 is 3.29. The molecular formula is C21H35NS. The van der Waals surface area contributed by atoms with E-state index in [1.54, 1.807) is 0 Å². The molecule has 0 bridgehead atoms. The smallest absolute Gasteiger partial charge is 0.0471 e. The van der Waals surface area contributed by atoms with Crippen LogP contribution >= 0.6 is 11.9 Å². The monoisotopic (exact) mass is 333 g/mol. The first-order valence-electron chi connectivity index (χ1n) is 8.73. The van der Waals surface area contributed by atoms with Crippen LogP contribution in [0.5, 0.6) is 0 Å². The Bertz CT molecular complexity index is 490. The molecule has 1 aromatic rings. The van der Waals surface area contributed by atoms with Crippen LogP contribution in [0.2, 0.25) is 0 Å². The Morgan fingerprint density at radius 2 is 1.78 bits per heavy atom. The average Bonchev–Trinajstić information content (AvgIpc) is 2.42. The minimum Gasteiger partial charge on any atom is -0.267 e. The van der Waals surface area contributed by atoms with Crippen LogP contribution in [0.1, 0.15) is 68.0 Å². The molecule has 0 heterocycles. The van der Waals surface area contributed by atoms with E-state index >= 15 is 0 Å². The summed E-state index contributed by atoms with van der Waals surface area (Å²) in [6, 6.07) is 4.80. The first kappa shape index (κ1) is 20.3. The van der Waals surface area contributed by atoms with Crippen LogP contribution in [-0.2, 0) is 6.42 Å². The summed E-state index contributed by atoms with van der Waals surface area (Å²) in [6.07, 6.45) is 5.48. The van der Waals surface area contributed by atoms with Crippen LogP contribution in [-0.4, -0.2) is 7.05 Å². The van der Waals surface area contributed by atoms with E-state index in [9.17, 15) is 0 Å². The topological polar surface area (TPSA) is 12.0 Å². The van der Waals surface area contributed by atoms with Gasteiger partial charge in [-0.15, -0.1) is 6.58 Å². The first-order chi connectivity index (χ1) is 10.7. The molecule has 2 atom stereocenters. The highest BCUT2D eigenvalue weighted by atomic mass is 32.2. The summed E-state index contributed by atoms with van der Waals surface area (Å²) in [7, 11) is 2.01. The lowest BCUT2D eigenvalue weighted by atomic mass is 9.85. The minimum absolute atomic E-state index is 0.389. The van der Waals surface area contributed by atoms with Gasteiger partial charge in [-0.3, -0.25) is 4.72 Å². The predicted octanol–water partition coefficient (Wildman–Crippen LogP) is 6.40. The maximum absolute atomic E-state index is 3.90. The van der Waals surface area contributed by atoms with Crippen molar-refractivity contribution in [1.82, 2.24) is 4.72 Å². The number of benzene rings is 1. The lowest BCUT2D eigenvalue weighted by Crippen LogP contribution is -2.12. The molecule has 0 aromatic heterocycles. The van der Waals surface area contributed by atoms with E-state index in [0.717, 1.165) is 6.42 Å². The van der Waals surface area contributed by atoms with Gasteiger partial charge in [-0.1, -0.05) is 57.9 Å². The van der Waals surface area contributed by atoms with Gasteiger partial charge in [0.05, 0.1) is 0 Å². The Labute approximate surface area is 148 Å². The maximum atomic E-state index is 3.90.